The minimum atomic E-state index is 0.111. The van der Waals surface area contributed by atoms with E-state index in [9.17, 15) is 0 Å². The zero-order valence-corrected chi connectivity index (χ0v) is 7.36. The molecule has 4 heteroatoms. The third kappa shape index (κ3) is 1.35. The number of hydrogen-bond donors (Lipinski definition) is 0. The summed E-state index contributed by atoms with van der Waals surface area (Å²) in [4.78, 5) is 0. The fourth-order valence-corrected chi connectivity index (χ4v) is 1.71. The molecular formula is C8H14O4. The van der Waals surface area contributed by atoms with Gasteiger partial charge in [0.2, 0.25) is 0 Å². The second-order valence-electron chi connectivity index (χ2n) is 3.19. The number of epoxide rings is 1. The van der Waals surface area contributed by atoms with Crippen LogP contribution < -0.4 is 0 Å². The first-order valence-corrected chi connectivity index (χ1v) is 4.15. The molecule has 2 fully saturated rings. The monoisotopic (exact) mass is 174 g/mol. The highest BCUT2D eigenvalue weighted by atomic mass is 16.7. The molecule has 0 amide bonds. The van der Waals surface area contributed by atoms with Crippen LogP contribution in [0.2, 0.25) is 0 Å². The largest absolute Gasteiger partial charge is 0.382 e. The summed E-state index contributed by atoms with van der Waals surface area (Å²) in [5, 5.41) is 0. The molecule has 0 radical (unpaired) electrons. The predicted molar refractivity (Wildman–Crippen MR) is 41.1 cm³/mol. The number of hydrogen-bond acceptors (Lipinski definition) is 4. The van der Waals surface area contributed by atoms with Gasteiger partial charge in [0.15, 0.2) is 0 Å². The van der Waals surface area contributed by atoms with Crippen LogP contribution in [0.3, 0.4) is 0 Å². The molecule has 0 aliphatic carbocycles. The summed E-state index contributed by atoms with van der Waals surface area (Å²) in [6.07, 6.45) is 0.732. The SMILES string of the molecule is COC[C@@H]1O[C@H](COC)[C@H]2O[C@H]21. The van der Waals surface area contributed by atoms with Crippen molar-refractivity contribution in [2.24, 2.45) is 0 Å². The summed E-state index contributed by atoms with van der Waals surface area (Å²) < 4.78 is 21.0. The van der Waals surface area contributed by atoms with Gasteiger partial charge < -0.3 is 18.9 Å². The lowest BCUT2D eigenvalue weighted by Gasteiger charge is -2.15. The molecule has 0 N–H and O–H groups in total. The van der Waals surface area contributed by atoms with Crippen molar-refractivity contribution in [1.29, 1.82) is 0 Å². The Kier molecular flexibility index (Phi) is 2.32. The standard InChI is InChI=1S/C8H14O4/c1-9-3-5-7-8(12-7)6(11-5)4-10-2/h5-8H,3-4H2,1-2H3/t5-,6+,7-,8+. The van der Waals surface area contributed by atoms with Gasteiger partial charge in [-0.2, -0.15) is 0 Å². The molecule has 12 heavy (non-hydrogen) atoms. The van der Waals surface area contributed by atoms with Gasteiger partial charge in [-0.25, -0.2) is 0 Å². The summed E-state index contributed by atoms with van der Waals surface area (Å²) in [5.41, 5.74) is 0. The van der Waals surface area contributed by atoms with Crippen molar-refractivity contribution in [1.82, 2.24) is 0 Å². The van der Waals surface area contributed by atoms with Crippen molar-refractivity contribution in [3.05, 3.63) is 0 Å². The first-order valence-electron chi connectivity index (χ1n) is 4.15. The van der Waals surface area contributed by atoms with Gasteiger partial charge in [0, 0.05) is 14.2 Å². The minimum absolute atomic E-state index is 0.111. The van der Waals surface area contributed by atoms with Crippen LogP contribution in [0.15, 0.2) is 0 Å². The molecule has 2 aliphatic heterocycles. The van der Waals surface area contributed by atoms with E-state index in [1.165, 1.54) is 0 Å². The fraction of sp³-hybridized carbons (Fsp3) is 1.00. The zero-order chi connectivity index (χ0) is 8.55. The van der Waals surface area contributed by atoms with Crippen molar-refractivity contribution in [3.8, 4) is 0 Å². The molecule has 0 spiro atoms. The summed E-state index contributed by atoms with van der Waals surface area (Å²) in [6.45, 7) is 1.22. The van der Waals surface area contributed by atoms with Gasteiger partial charge in [-0.15, -0.1) is 0 Å². The van der Waals surface area contributed by atoms with Crippen molar-refractivity contribution < 1.29 is 18.9 Å². The normalized spacial score (nSPS) is 44.5. The highest BCUT2D eigenvalue weighted by molar-refractivity contribution is 5.03. The molecule has 0 unspecified atom stereocenters. The van der Waals surface area contributed by atoms with Gasteiger partial charge in [0.1, 0.15) is 24.4 Å². The second kappa shape index (κ2) is 3.30. The third-order valence-corrected chi connectivity index (χ3v) is 2.31. The van der Waals surface area contributed by atoms with Crippen LogP contribution in [0, 0.1) is 0 Å². The van der Waals surface area contributed by atoms with E-state index in [2.05, 4.69) is 0 Å². The van der Waals surface area contributed by atoms with Crippen LogP contribution >= 0.6 is 0 Å². The Balaban J connectivity index is 1.82. The van der Waals surface area contributed by atoms with Crippen molar-refractivity contribution >= 4 is 0 Å². The molecule has 0 aromatic heterocycles. The van der Waals surface area contributed by atoms with Crippen molar-refractivity contribution in [2.75, 3.05) is 27.4 Å². The molecule has 2 saturated heterocycles. The van der Waals surface area contributed by atoms with Crippen LogP contribution in [0.4, 0.5) is 0 Å². The van der Waals surface area contributed by atoms with E-state index in [0.29, 0.717) is 13.2 Å². The van der Waals surface area contributed by atoms with Gasteiger partial charge in [-0.05, 0) is 0 Å². The molecule has 2 aliphatic rings. The predicted octanol–water partition coefficient (Wildman–Crippen LogP) is -0.186. The first-order chi connectivity index (χ1) is 5.86. The van der Waals surface area contributed by atoms with E-state index in [1.54, 1.807) is 14.2 Å². The number of methoxy groups -OCH3 is 2. The molecule has 0 aromatic carbocycles. The Hall–Kier alpha value is -0.160. The van der Waals surface area contributed by atoms with Gasteiger partial charge >= 0.3 is 0 Å². The van der Waals surface area contributed by atoms with Crippen molar-refractivity contribution in [3.63, 3.8) is 0 Å². The Morgan fingerprint density at radius 1 is 0.917 bits per heavy atom. The van der Waals surface area contributed by atoms with Gasteiger partial charge in [-0.1, -0.05) is 0 Å². The Morgan fingerprint density at radius 3 is 1.83 bits per heavy atom. The molecule has 0 aromatic rings. The fourth-order valence-electron chi connectivity index (χ4n) is 1.71. The van der Waals surface area contributed by atoms with E-state index >= 15 is 0 Å². The van der Waals surface area contributed by atoms with E-state index in [0.717, 1.165) is 0 Å². The third-order valence-electron chi connectivity index (χ3n) is 2.31. The maximum absolute atomic E-state index is 5.63. The second-order valence-corrected chi connectivity index (χ2v) is 3.19. The Morgan fingerprint density at radius 2 is 1.42 bits per heavy atom. The highest BCUT2D eigenvalue weighted by Crippen LogP contribution is 2.39. The number of fused-ring (bicyclic) bond motifs is 1. The van der Waals surface area contributed by atoms with Crippen molar-refractivity contribution in [2.45, 2.75) is 24.4 Å². The van der Waals surface area contributed by atoms with E-state index in [-0.39, 0.29) is 24.4 Å². The van der Waals surface area contributed by atoms with Gasteiger partial charge in [0.05, 0.1) is 13.2 Å². The van der Waals surface area contributed by atoms with Gasteiger partial charge in [-0.3, -0.25) is 0 Å². The number of rotatable bonds is 4. The summed E-state index contributed by atoms with van der Waals surface area (Å²) in [6, 6.07) is 0. The van der Waals surface area contributed by atoms with Crippen LogP contribution in [0.25, 0.3) is 0 Å². The summed E-state index contributed by atoms with van der Waals surface area (Å²) in [7, 11) is 3.34. The molecule has 4 atom stereocenters. The zero-order valence-electron chi connectivity index (χ0n) is 7.36. The summed E-state index contributed by atoms with van der Waals surface area (Å²) in [5.74, 6) is 0. The quantitative estimate of drug-likeness (QED) is 0.554. The molecule has 4 nitrogen and oxygen atoms in total. The van der Waals surface area contributed by atoms with Gasteiger partial charge in [0.25, 0.3) is 0 Å². The van der Waals surface area contributed by atoms with E-state index < -0.39 is 0 Å². The average molecular weight is 174 g/mol. The van der Waals surface area contributed by atoms with Crippen LogP contribution in [0.5, 0.6) is 0 Å². The first kappa shape index (κ1) is 8.44. The molecule has 0 bridgehead atoms. The topological polar surface area (TPSA) is 40.2 Å². The molecule has 0 saturated carbocycles. The molecule has 70 valence electrons. The maximum atomic E-state index is 5.63. The smallest absolute Gasteiger partial charge is 0.115 e. The van der Waals surface area contributed by atoms with E-state index in [4.69, 9.17) is 18.9 Å². The minimum Gasteiger partial charge on any atom is -0.382 e. The average Bonchev–Trinajstić information content (AvgIpc) is 2.76. The Bertz CT molecular complexity index is 145. The lowest BCUT2D eigenvalue weighted by atomic mass is 10.2. The summed E-state index contributed by atoms with van der Waals surface area (Å²) >= 11 is 0. The lowest BCUT2D eigenvalue weighted by Crippen LogP contribution is -2.26. The molecule has 2 rings (SSSR count). The maximum Gasteiger partial charge on any atom is 0.115 e. The highest BCUT2D eigenvalue weighted by Gasteiger charge is 2.57. The van der Waals surface area contributed by atoms with Crippen LogP contribution in [-0.4, -0.2) is 51.8 Å². The lowest BCUT2D eigenvalue weighted by molar-refractivity contribution is -0.0810. The number of ether oxygens (including phenoxy) is 4. The van der Waals surface area contributed by atoms with Crippen LogP contribution in [-0.2, 0) is 18.9 Å². The molecule has 2 heterocycles. The van der Waals surface area contributed by atoms with Crippen LogP contribution in [0.1, 0.15) is 0 Å². The van der Waals surface area contributed by atoms with E-state index in [1.807, 2.05) is 0 Å². The molecular weight excluding hydrogens is 160 g/mol. The Labute approximate surface area is 71.7 Å².